The maximum atomic E-state index is 5.81. The first-order valence-electron chi connectivity index (χ1n) is 5.72. The molecule has 2 rings (SSSR count). The van der Waals surface area contributed by atoms with E-state index in [1.165, 1.54) is 16.5 Å². The third kappa shape index (κ3) is 1.93. The van der Waals surface area contributed by atoms with Crippen LogP contribution in [0.5, 0.6) is 0 Å². The molecule has 0 aliphatic heterocycles. The number of benzene rings is 1. The van der Waals surface area contributed by atoms with Crippen LogP contribution in [0.3, 0.4) is 0 Å². The Morgan fingerprint density at radius 2 is 2.00 bits per heavy atom. The Hall–Kier alpha value is -1.41. The minimum atomic E-state index is 0.441. The zero-order chi connectivity index (χ0) is 11.7. The van der Waals surface area contributed by atoms with Crippen LogP contribution in [-0.2, 0) is 6.54 Å². The lowest BCUT2D eigenvalue weighted by atomic mass is 10.0. The number of aromatic nitrogens is 1. The van der Waals surface area contributed by atoms with Crippen molar-refractivity contribution >= 4 is 10.9 Å². The molecule has 0 aliphatic carbocycles. The van der Waals surface area contributed by atoms with Crippen LogP contribution < -0.4 is 5.73 Å². The van der Waals surface area contributed by atoms with Crippen molar-refractivity contribution in [3.05, 3.63) is 41.1 Å². The summed E-state index contributed by atoms with van der Waals surface area (Å²) >= 11 is 0. The average molecular weight is 214 g/mol. The maximum absolute atomic E-state index is 5.81. The normalized spacial score (nSPS) is 11.3. The Kier molecular flexibility index (Phi) is 2.92. The van der Waals surface area contributed by atoms with Crippen LogP contribution in [0.15, 0.2) is 24.3 Å². The van der Waals surface area contributed by atoms with E-state index in [2.05, 4.69) is 50.0 Å². The molecule has 1 aromatic heterocycles. The molecule has 0 aliphatic rings. The van der Waals surface area contributed by atoms with Crippen molar-refractivity contribution in [1.82, 2.24) is 4.98 Å². The van der Waals surface area contributed by atoms with Gasteiger partial charge in [0, 0.05) is 17.6 Å². The number of aryl methyl sites for hydroxylation is 1. The van der Waals surface area contributed by atoms with Crippen LogP contribution in [-0.4, -0.2) is 4.98 Å². The third-order valence-electron chi connectivity index (χ3n) is 2.88. The summed E-state index contributed by atoms with van der Waals surface area (Å²) in [5, 5.41) is 1.19. The number of hydrogen-bond donors (Lipinski definition) is 1. The van der Waals surface area contributed by atoms with E-state index in [9.17, 15) is 0 Å². The summed E-state index contributed by atoms with van der Waals surface area (Å²) in [4.78, 5) is 4.67. The van der Waals surface area contributed by atoms with Gasteiger partial charge in [0.25, 0.3) is 0 Å². The molecule has 0 fully saturated rings. The van der Waals surface area contributed by atoms with Gasteiger partial charge in [0.2, 0.25) is 0 Å². The molecule has 0 saturated carbocycles. The predicted molar refractivity (Wildman–Crippen MR) is 68.5 cm³/mol. The second-order valence-corrected chi connectivity index (χ2v) is 4.59. The van der Waals surface area contributed by atoms with Gasteiger partial charge in [0.1, 0.15) is 0 Å². The topological polar surface area (TPSA) is 38.9 Å². The molecular formula is C14H18N2. The van der Waals surface area contributed by atoms with E-state index in [-0.39, 0.29) is 0 Å². The van der Waals surface area contributed by atoms with Crippen LogP contribution >= 0.6 is 0 Å². The minimum absolute atomic E-state index is 0.441. The highest BCUT2D eigenvalue weighted by atomic mass is 14.7. The summed E-state index contributed by atoms with van der Waals surface area (Å²) in [5.74, 6) is 0.441. The first-order chi connectivity index (χ1) is 7.61. The number of fused-ring (bicyclic) bond motifs is 1. The van der Waals surface area contributed by atoms with Crippen molar-refractivity contribution in [2.24, 2.45) is 5.73 Å². The van der Waals surface area contributed by atoms with Crippen LogP contribution in [0.2, 0.25) is 0 Å². The van der Waals surface area contributed by atoms with E-state index in [4.69, 9.17) is 5.73 Å². The molecule has 0 atom stereocenters. The van der Waals surface area contributed by atoms with Crippen molar-refractivity contribution in [1.29, 1.82) is 0 Å². The molecule has 16 heavy (non-hydrogen) atoms. The van der Waals surface area contributed by atoms with E-state index >= 15 is 0 Å². The van der Waals surface area contributed by atoms with Gasteiger partial charge in [-0.3, -0.25) is 4.98 Å². The smallest absolute Gasteiger partial charge is 0.0708 e. The van der Waals surface area contributed by atoms with Crippen molar-refractivity contribution < 1.29 is 0 Å². The highest BCUT2D eigenvalue weighted by molar-refractivity contribution is 5.83. The monoisotopic (exact) mass is 214 g/mol. The molecule has 2 heteroatoms. The SMILES string of the molecule is Cc1ccc2nc(C(C)C)cc(CN)c2c1. The first kappa shape index (κ1) is 11.1. The number of pyridine rings is 1. The highest BCUT2D eigenvalue weighted by Gasteiger charge is 2.07. The van der Waals surface area contributed by atoms with Crippen LogP contribution in [0.1, 0.15) is 36.6 Å². The van der Waals surface area contributed by atoms with Gasteiger partial charge in [0.05, 0.1) is 5.52 Å². The van der Waals surface area contributed by atoms with Gasteiger partial charge in [0.15, 0.2) is 0 Å². The highest BCUT2D eigenvalue weighted by Crippen LogP contribution is 2.23. The molecule has 0 radical (unpaired) electrons. The standard InChI is InChI=1S/C14H18N2/c1-9(2)14-7-11(8-15)12-6-10(3)4-5-13(12)16-14/h4-7,9H,8,15H2,1-3H3. The molecule has 2 nitrogen and oxygen atoms in total. The Morgan fingerprint density at radius 3 is 2.62 bits per heavy atom. The van der Waals surface area contributed by atoms with E-state index in [1.807, 2.05) is 0 Å². The molecule has 0 amide bonds. The van der Waals surface area contributed by atoms with Crippen LogP contribution in [0.4, 0.5) is 0 Å². The molecular weight excluding hydrogens is 196 g/mol. The summed E-state index contributed by atoms with van der Waals surface area (Å²) in [7, 11) is 0. The summed E-state index contributed by atoms with van der Waals surface area (Å²) < 4.78 is 0. The second kappa shape index (κ2) is 4.22. The average Bonchev–Trinajstić information content (AvgIpc) is 2.27. The van der Waals surface area contributed by atoms with E-state index < -0.39 is 0 Å². The Balaban J connectivity index is 2.73. The second-order valence-electron chi connectivity index (χ2n) is 4.59. The fraction of sp³-hybridized carbons (Fsp3) is 0.357. The number of rotatable bonds is 2. The summed E-state index contributed by atoms with van der Waals surface area (Å²) in [6.07, 6.45) is 0. The van der Waals surface area contributed by atoms with Gasteiger partial charge in [-0.05, 0) is 36.6 Å². The minimum Gasteiger partial charge on any atom is -0.326 e. The molecule has 2 N–H and O–H groups in total. The lowest BCUT2D eigenvalue weighted by Crippen LogP contribution is -2.02. The zero-order valence-corrected chi connectivity index (χ0v) is 10.1. The van der Waals surface area contributed by atoms with Gasteiger partial charge < -0.3 is 5.73 Å². The predicted octanol–water partition coefficient (Wildman–Crippen LogP) is 3.13. The Morgan fingerprint density at radius 1 is 1.25 bits per heavy atom. The van der Waals surface area contributed by atoms with Crippen LogP contribution in [0.25, 0.3) is 10.9 Å². The zero-order valence-electron chi connectivity index (χ0n) is 10.1. The molecule has 1 aromatic carbocycles. The summed E-state index contributed by atoms with van der Waals surface area (Å²) in [6, 6.07) is 8.47. The van der Waals surface area contributed by atoms with Crippen molar-refractivity contribution in [3.8, 4) is 0 Å². The van der Waals surface area contributed by atoms with E-state index in [0.717, 1.165) is 11.2 Å². The maximum Gasteiger partial charge on any atom is 0.0708 e. The Labute approximate surface area is 96.5 Å². The Bertz CT molecular complexity index is 515. The lowest BCUT2D eigenvalue weighted by Gasteiger charge is -2.10. The molecule has 0 unspecified atom stereocenters. The molecule has 0 spiro atoms. The first-order valence-corrected chi connectivity index (χ1v) is 5.72. The van der Waals surface area contributed by atoms with E-state index in [1.54, 1.807) is 0 Å². The van der Waals surface area contributed by atoms with Gasteiger partial charge in [-0.25, -0.2) is 0 Å². The van der Waals surface area contributed by atoms with Gasteiger partial charge >= 0.3 is 0 Å². The molecule has 1 heterocycles. The fourth-order valence-electron chi connectivity index (χ4n) is 1.90. The van der Waals surface area contributed by atoms with Gasteiger partial charge in [-0.15, -0.1) is 0 Å². The summed E-state index contributed by atoms with van der Waals surface area (Å²) in [5.41, 5.74) is 10.4. The van der Waals surface area contributed by atoms with Crippen molar-refractivity contribution in [2.75, 3.05) is 0 Å². The van der Waals surface area contributed by atoms with Gasteiger partial charge in [-0.2, -0.15) is 0 Å². The number of nitrogens with zero attached hydrogens (tertiary/aromatic N) is 1. The molecule has 2 aromatic rings. The number of nitrogens with two attached hydrogens (primary N) is 1. The van der Waals surface area contributed by atoms with Crippen molar-refractivity contribution in [2.45, 2.75) is 33.2 Å². The summed E-state index contributed by atoms with van der Waals surface area (Å²) in [6.45, 7) is 6.98. The lowest BCUT2D eigenvalue weighted by molar-refractivity contribution is 0.825. The fourth-order valence-corrected chi connectivity index (χ4v) is 1.90. The quantitative estimate of drug-likeness (QED) is 0.834. The van der Waals surface area contributed by atoms with Crippen molar-refractivity contribution in [3.63, 3.8) is 0 Å². The van der Waals surface area contributed by atoms with Gasteiger partial charge in [-0.1, -0.05) is 25.5 Å². The number of hydrogen-bond acceptors (Lipinski definition) is 2. The molecule has 0 bridgehead atoms. The molecule has 84 valence electrons. The van der Waals surface area contributed by atoms with E-state index in [0.29, 0.717) is 12.5 Å². The largest absolute Gasteiger partial charge is 0.326 e. The van der Waals surface area contributed by atoms with Crippen LogP contribution in [0, 0.1) is 6.92 Å². The molecule has 0 saturated heterocycles. The third-order valence-corrected chi connectivity index (χ3v) is 2.88.